The number of piperidine rings is 1. The molecular formula is C17H34N2. The van der Waals surface area contributed by atoms with Crippen molar-refractivity contribution in [3.05, 3.63) is 0 Å². The maximum atomic E-state index is 3.57. The van der Waals surface area contributed by atoms with Crippen LogP contribution in [0.4, 0.5) is 0 Å². The van der Waals surface area contributed by atoms with Crippen molar-refractivity contribution in [1.29, 1.82) is 0 Å². The molecule has 0 radical (unpaired) electrons. The standard InChI is InChI=1S/C17H34N2/c1-12-6-7-17(18-5)16(9-12)11-19-10-13(2)8-14(3)15(19)4/h12-18H,6-11H2,1-5H3. The average Bonchev–Trinajstić information content (AvgIpc) is 2.35. The van der Waals surface area contributed by atoms with Crippen molar-refractivity contribution in [2.75, 3.05) is 20.1 Å². The normalized spacial score (nSPS) is 45.3. The fourth-order valence-electron chi connectivity index (χ4n) is 4.46. The smallest absolute Gasteiger partial charge is 0.0105 e. The molecule has 0 aromatic carbocycles. The summed E-state index contributed by atoms with van der Waals surface area (Å²) < 4.78 is 0. The maximum absolute atomic E-state index is 3.57. The Labute approximate surface area is 120 Å². The van der Waals surface area contributed by atoms with Crippen molar-refractivity contribution >= 4 is 0 Å². The Hall–Kier alpha value is -0.0800. The number of hydrogen-bond donors (Lipinski definition) is 1. The molecular weight excluding hydrogens is 232 g/mol. The first-order valence-corrected chi connectivity index (χ1v) is 8.42. The van der Waals surface area contributed by atoms with Gasteiger partial charge in [-0.3, -0.25) is 4.90 Å². The molecule has 2 rings (SSSR count). The van der Waals surface area contributed by atoms with Gasteiger partial charge in [0.25, 0.3) is 0 Å². The Kier molecular flexibility index (Phi) is 5.30. The Morgan fingerprint density at radius 2 is 1.74 bits per heavy atom. The second-order valence-corrected chi connectivity index (χ2v) is 7.59. The Morgan fingerprint density at radius 3 is 2.42 bits per heavy atom. The summed E-state index contributed by atoms with van der Waals surface area (Å²) in [5.74, 6) is 3.51. The second kappa shape index (κ2) is 6.58. The third-order valence-corrected chi connectivity index (χ3v) is 5.80. The van der Waals surface area contributed by atoms with Gasteiger partial charge in [-0.2, -0.15) is 0 Å². The highest BCUT2D eigenvalue weighted by Gasteiger charge is 2.34. The highest BCUT2D eigenvalue weighted by Crippen LogP contribution is 2.33. The van der Waals surface area contributed by atoms with Crippen LogP contribution < -0.4 is 5.32 Å². The SMILES string of the molecule is CNC1CCC(C)CC1CN1CC(C)CC(C)C1C. The van der Waals surface area contributed by atoms with Gasteiger partial charge in [-0.15, -0.1) is 0 Å². The zero-order valence-corrected chi connectivity index (χ0v) is 13.7. The van der Waals surface area contributed by atoms with Crippen molar-refractivity contribution in [3.8, 4) is 0 Å². The maximum Gasteiger partial charge on any atom is 0.0105 e. The molecule has 0 spiro atoms. The molecule has 0 amide bonds. The molecule has 1 aliphatic heterocycles. The van der Waals surface area contributed by atoms with E-state index >= 15 is 0 Å². The van der Waals surface area contributed by atoms with E-state index in [4.69, 9.17) is 0 Å². The number of rotatable bonds is 3. The van der Waals surface area contributed by atoms with E-state index in [0.717, 1.165) is 35.8 Å². The van der Waals surface area contributed by atoms with Gasteiger partial charge >= 0.3 is 0 Å². The summed E-state index contributed by atoms with van der Waals surface area (Å²) in [5, 5.41) is 3.57. The quantitative estimate of drug-likeness (QED) is 0.842. The van der Waals surface area contributed by atoms with E-state index in [1.165, 1.54) is 38.8 Å². The fourth-order valence-corrected chi connectivity index (χ4v) is 4.46. The van der Waals surface area contributed by atoms with Crippen molar-refractivity contribution in [1.82, 2.24) is 10.2 Å². The van der Waals surface area contributed by atoms with E-state index in [0.29, 0.717) is 0 Å². The Balaban J connectivity index is 1.97. The third kappa shape index (κ3) is 3.72. The monoisotopic (exact) mass is 266 g/mol. The van der Waals surface area contributed by atoms with Gasteiger partial charge in [-0.1, -0.05) is 20.8 Å². The van der Waals surface area contributed by atoms with Gasteiger partial charge in [0.1, 0.15) is 0 Å². The van der Waals surface area contributed by atoms with Gasteiger partial charge in [0.15, 0.2) is 0 Å². The third-order valence-electron chi connectivity index (χ3n) is 5.80. The number of hydrogen-bond acceptors (Lipinski definition) is 2. The van der Waals surface area contributed by atoms with E-state index in [1.54, 1.807) is 0 Å². The summed E-state index contributed by atoms with van der Waals surface area (Å²) in [4.78, 5) is 2.78. The zero-order valence-electron chi connectivity index (χ0n) is 13.7. The molecule has 1 saturated heterocycles. The molecule has 6 unspecified atom stereocenters. The molecule has 1 heterocycles. The largest absolute Gasteiger partial charge is 0.317 e. The molecule has 2 fully saturated rings. The highest BCUT2D eigenvalue weighted by atomic mass is 15.2. The summed E-state index contributed by atoms with van der Waals surface area (Å²) in [5.41, 5.74) is 0. The van der Waals surface area contributed by atoms with Gasteiger partial charge in [0.05, 0.1) is 0 Å². The lowest BCUT2D eigenvalue weighted by atomic mass is 9.77. The van der Waals surface area contributed by atoms with Crippen LogP contribution in [0, 0.1) is 23.7 Å². The molecule has 1 saturated carbocycles. The van der Waals surface area contributed by atoms with Crippen LogP contribution in [-0.4, -0.2) is 37.1 Å². The molecule has 1 aliphatic carbocycles. The predicted octanol–water partition coefficient (Wildman–Crippen LogP) is 3.38. The van der Waals surface area contributed by atoms with E-state index < -0.39 is 0 Å². The van der Waals surface area contributed by atoms with Gasteiger partial charge in [-0.05, 0) is 63.3 Å². The van der Waals surface area contributed by atoms with Gasteiger partial charge < -0.3 is 5.32 Å². The molecule has 2 nitrogen and oxygen atoms in total. The number of nitrogens with zero attached hydrogens (tertiary/aromatic N) is 1. The van der Waals surface area contributed by atoms with Gasteiger partial charge in [0.2, 0.25) is 0 Å². The van der Waals surface area contributed by atoms with Crippen LogP contribution in [0.25, 0.3) is 0 Å². The Bertz CT molecular complexity index is 272. The lowest BCUT2D eigenvalue weighted by Crippen LogP contribution is -2.51. The van der Waals surface area contributed by atoms with Crippen LogP contribution in [0.1, 0.15) is 53.4 Å². The summed E-state index contributed by atoms with van der Waals surface area (Å²) in [6, 6.07) is 1.52. The molecule has 0 bridgehead atoms. The summed E-state index contributed by atoms with van der Waals surface area (Å²) >= 11 is 0. The minimum atomic E-state index is 0.746. The van der Waals surface area contributed by atoms with Gasteiger partial charge in [0, 0.05) is 25.2 Å². The lowest BCUT2D eigenvalue weighted by Gasteiger charge is -2.45. The fraction of sp³-hybridized carbons (Fsp3) is 1.00. The van der Waals surface area contributed by atoms with Crippen molar-refractivity contribution in [3.63, 3.8) is 0 Å². The van der Waals surface area contributed by atoms with Crippen molar-refractivity contribution < 1.29 is 0 Å². The molecule has 19 heavy (non-hydrogen) atoms. The van der Waals surface area contributed by atoms with Crippen LogP contribution in [0.3, 0.4) is 0 Å². The number of nitrogens with one attached hydrogen (secondary N) is 1. The Morgan fingerprint density at radius 1 is 1.00 bits per heavy atom. The zero-order chi connectivity index (χ0) is 14.0. The molecule has 0 aromatic heterocycles. The van der Waals surface area contributed by atoms with Crippen molar-refractivity contribution in [2.45, 2.75) is 65.5 Å². The molecule has 0 aromatic rings. The van der Waals surface area contributed by atoms with Crippen LogP contribution in [-0.2, 0) is 0 Å². The van der Waals surface area contributed by atoms with E-state index in [1.807, 2.05) is 0 Å². The predicted molar refractivity (Wildman–Crippen MR) is 83.3 cm³/mol. The van der Waals surface area contributed by atoms with E-state index in [9.17, 15) is 0 Å². The van der Waals surface area contributed by atoms with Crippen molar-refractivity contribution in [2.24, 2.45) is 23.7 Å². The number of likely N-dealkylation sites (tertiary alicyclic amines) is 1. The first-order chi connectivity index (χ1) is 9.01. The molecule has 1 N–H and O–H groups in total. The highest BCUT2D eigenvalue weighted by molar-refractivity contribution is 4.89. The summed E-state index contributed by atoms with van der Waals surface area (Å²) in [6.45, 7) is 12.4. The minimum absolute atomic E-state index is 0.746. The average molecular weight is 266 g/mol. The van der Waals surface area contributed by atoms with Crippen LogP contribution in [0.2, 0.25) is 0 Å². The summed E-state index contributed by atoms with van der Waals surface area (Å²) in [6.07, 6.45) is 5.60. The van der Waals surface area contributed by atoms with Crippen LogP contribution in [0.15, 0.2) is 0 Å². The first kappa shape index (κ1) is 15.3. The second-order valence-electron chi connectivity index (χ2n) is 7.59. The topological polar surface area (TPSA) is 15.3 Å². The molecule has 2 heteroatoms. The molecule has 6 atom stereocenters. The van der Waals surface area contributed by atoms with E-state index in [2.05, 4.69) is 45.0 Å². The minimum Gasteiger partial charge on any atom is -0.317 e. The van der Waals surface area contributed by atoms with Crippen LogP contribution >= 0.6 is 0 Å². The van der Waals surface area contributed by atoms with E-state index in [-0.39, 0.29) is 0 Å². The summed E-state index contributed by atoms with van der Waals surface area (Å²) in [7, 11) is 2.15. The van der Waals surface area contributed by atoms with Gasteiger partial charge in [-0.25, -0.2) is 0 Å². The van der Waals surface area contributed by atoms with Crippen LogP contribution in [0.5, 0.6) is 0 Å². The first-order valence-electron chi connectivity index (χ1n) is 8.42. The molecule has 112 valence electrons. The molecule has 2 aliphatic rings. The lowest BCUT2D eigenvalue weighted by molar-refractivity contribution is 0.0464.